The van der Waals surface area contributed by atoms with Gasteiger partial charge in [-0.3, -0.25) is 4.79 Å². The summed E-state index contributed by atoms with van der Waals surface area (Å²) in [6.45, 7) is 5.97. The Bertz CT molecular complexity index is 848. The van der Waals surface area contributed by atoms with Crippen molar-refractivity contribution in [1.29, 1.82) is 0 Å². The van der Waals surface area contributed by atoms with Crippen molar-refractivity contribution in [3.63, 3.8) is 0 Å². The molecule has 33 heavy (non-hydrogen) atoms. The lowest BCUT2D eigenvalue weighted by Crippen LogP contribution is -2.30. The molecular weight excluding hydrogens is 440 g/mol. The monoisotopic (exact) mass is 470 g/mol. The van der Waals surface area contributed by atoms with Crippen LogP contribution in [0.1, 0.15) is 72.6 Å². The van der Waals surface area contributed by atoms with Crippen molar-refractivity contribution in [1.82, 2.24) is 0 Å². The highest BCUT2D eigenvalue weighted by molar-refractivity contribution is 6.05. The van der Waals surface area contributed by atoms with Gasteiger partial charge in [0, 0.05) is 22.3 Å². The molecule has 3 N–H and O–H groups in total. The summed E-state index contributed by atoms with van der Waals surface area (Å²) >= 11 is 0. The average molecular weight is 470 g/mol. The van der Waals surface area contributed by atoms with Crippen molar-refractivity contribution in [2.75, 3.05) is 0 Å². The van der Waals surface area contributed by atoms with Gasteiger partial charge in [-0.1, -0.05) is 26.7 Å². The Morgan fingerprint density at radius 2 is 1.12 bits per heavy atom. The maximum absolute atomic E-state index is 12.2. The zero-order valence-electron chi connectivity index (χ0n) is 19.1. The fourth-order valence-corrected chi connectivity index (χ4v) is 2.52. The quantitative estimate of drug-likeness (QED) is 0.203. The minimum absolute atomic E-state index is 0.0309. The number of ether oxygens (including phenoxy) is 2. The van der Waals surface area contributed by atoms with E-state index in [4.69, 9.17) is 10.2 Å². The number of carbonyl (C=O) groups is 6. The van der Waals surface area contributed by atoms with Crippen LogP contribution in [0.2, 0.25) is 0 Å². The van der Waals surface area contributed by atoms with Gasteiger partial charge >= 0.3 is 35.8 Å². The SMILES string of the molecule is CCCC/C(C(=O)OC(=O)CC(O)C(=O)OC(=O)/C(CCCC)=C(\C)C(=O)O)=C(/C)C(=O)O. The molecule has 11 nitrogen and oxygen atoms in total. The fraction of sp³-hybridized carbons (Fsp3) is 0.545. The first-order valence-electron chi connectivity index (χ1n) is 10.4. The Labute approximate surface area is 191 Å². The van der Waals surface area contributed by atoms with Crippen molar-refractivity contribution in [3.05, 3.63) is 22.3 Å². The maximum atomic E-state index is 12.2. The van der Waals surface area contributed by atoms with Gasteiger partial charge in [-0.2, -0.15) is 0 Å². The lowest BCUT2D eigenvalue weighted by Gasteiger charge is -2.12. The summed E-state index contributed by atoms with van der Waals surface area (Å²) in [6, 6.07) is 0. The molecule has 0 saturated heterocycles. The Hall–Kier alpha value is -3.34. The van der Waals surface area contributed by atoms with E-state index >= 15 is 0 Å². The number of aliphatic hydroxyl groups excluding tert-OH is 1. The summed E-state index contributed by atoms with van der Waals surface area (Å²) in [7, 11) is 0. The molecule has 0 aromatic heterocycles. The Morgan fingerprint density at radius 3 is 1.48 bits per heavy atom. The second-order valence-corrected chi connectivity index (χ2v) is 7.21. The van der Waals surface area contributed by atoms with E-state index < -0.39 is 48.3 Å². The lowest BCUT2D eigenvalue weighted by atomic mass is 10.0. The van der Waals surface area contributed by atoms with Gasteiger partial charge in [-0.15, -0.1) is 0 Å². The van der Waals surface area contributed by atoms with Gasteiger partial charge in [0.25, 0.3) is 0 Å². The van der Waals surface area contributed by atoms with Crippen LogP contribution in [0.15, 0.2) is 22.3 Å². The normalized spacial score (nSPS) is 13.2. The molecule has 0 rings (SSSR count). The first kappa shape index (κ1) is 29.7. The summed E-state index contributed by atoms with van der Waals surface area (Å²) in [6.07, 6.45) is -0.943. The molecule has 0 spiro atoms. The first-order valence-corrected chi connectivity index (χ1v) is 10.4. The zero-order valence-corrected chi connectivity index (χ0v) is 19.1. The minimum Gasteiger partial charge on any atom is -0.478 e. The van der Waals surface area contributed by atoms with Crippen molar-refractivity contribution < 1.29 is 53.6 Å². The van der Waals surface area contributed by atoms with E-state index in [9.17, 15) is 33.9 Å². The van der Waals surface area contributed by atoms with E-state index in [1.807, 2.05) is 13.8 Å². The molecule has 0 saturated carbocycles. The number of aliphatic hydroxyl groups is 1. The molecular formula is C22H30O11. The van der Waals surface area contributed by atoms with E-state index in [0.717, 1.165) is 0 Å². The summed E-state index contributed by atoms with van der Waals surface area (Å²) < 4.78 is 9.03. The standard InChI is InChI=1S/C22H30O11/c1-5-7-9-14(12(3)18(25)26)20(29)32-17(24)11-16(23)22(31)33-21(30)15(10-8-6-2)13(4)19(27)28/h16,23H,5-11H2,1-4H3,(H,25,26)(H,27,28)/b14-12+,15-13+. The molecule has 0 aromatic rings. The third kappa shape index (κ3) is 10.2. The number of carboxylic acid groups (broad SMARTS) is 2. The Balaban J connectivity index is 5.22. The van der Waals surface area contributed by atoms with E-state index in [1.54, 1.807) is 0 Å². The van der Waals surface area contributed by atoms with Crippen molar-refractivity contribution in [2.24, 2.45) is 0 Å². The van der Waals surface area contributed by atoms with Crippen LogP contribution in [0, 0.1) is 0 Å². The van der Waals surface area contributed by atoms with E-state index in [2.05, 4.69) is 9.47 Å². The predicted octanol–water partition coefficient (Wildman–Crippen LogP) is 2.06. The molecule has 11 heteroatoms. The second kappa shape index (κ2) is 14.7. The van der Waals surface area contributed by atoms with E-state index in [-0.39, 0.29) is 35.1 Å². The van der Waals surface area contributed by atoms with Crippen LogP contribution in [-0.4, -0.2) is 57.2 Å². The topological polar surface area (TPSA) is 182 Å². The maximum Gasteiger partial charge on any atom is 0.343 e. The minimum atomic E-state index is -2.17. The van der Waals surface area contributed by atoms with Crippen LogP contribution in [0.5, 0.6) is 0 Å². The molecule has 0 amide bonds. The number of unbranched alkanes of at least 4 members (excludes halogenated alkanes) is 2. The van der Waals surface area contributed by atoms with E-state index in [1.165, 1.54) is 13.8 Å². The number of hydrogen-bond donors (Lipinski definition) is 3. The third-order valence-electron chi connectivity index (χ3n) is 4.63. The van der Waals surface area contributed by atoms with Gasteiger partial charge in [0.05, 0.1) is 6.42 Å². The number of carboxylic acids is 2. The largest absolute Gasteiger partial charge is 0.478 e. The van der Waals surface area contributed by atoms with Crippen molar-refractivity contribution in [3.8, 4) is 0 Å². The fourth-order valence-electron chi connectivity index (χ4n) is 2.52. The molecule has 0 aromatic carbocycles. The Morgan fingerprint density at radius 1 is 0.727 bits per heavy atom. The Kier molecular flexibility index (Phi) is 13.2. The van der Waals surface area contributed by atoms with Crippen molar-refractivity contribution in [2.45, 2.75) is 78.7 Å². The zero-order chi connectivity index (χ0) is 25.7. The summed E-state index contributed by atoms with van der Waals surface area (Å²) in [5.74, 6) is -8.09. The predicted molar refractivity (Wildman–Crippen MR) is 113 cm³/mol. The molecule has 0 aliphatic rings. The highest BCUT2D eigenvalue weighted by atomic mass is 16.6. The molecule has 1 atom stereocenters. The second-order valence-electron chi connectivity index (χ2n) is 7.21. The van der Waals surface area contributed by atoms with Gasteiger partial charge in [0.2, 0.25) is 0 Å². The molecule has 1 unspecified atom stereocenters. The smallest absolute Gasteiger partial charge is 0.343 e. The van der Waals surface area contributed by atoms with Crippen molar-refractivity contribution >= 4 is 35.8 Å². The van der Waals surface area contributed by atoms with Gasteiger partial charge in [0.15, 0.2) is 6.10 Å². The molecule has 0 bridgehead atoms. The molecule has 184 valence electrons. The van der Waals surface area contributed by atoms with Crippen LogP contribution in [-0.2, 0) is 38.2 Å². The van der Waals surface area contributed by atoms with Crippen LogP contribution >= 0.6 is 0 Å². The summed E-state index contributed by atoms with van der Waals surface area (Å²) in [5, 5.41) is 28.0. The molecule has 0 fully saturated rings. The molecule has 0 heterocycles. The lowest BCUT2D eigenvalue weighted by molar-refractivity contribution is -0.169. The van der Waals surface area contributed by atoms with Crippen LogP contribution in [0.25, 0.3) is 0 Å². The summed E-state index contributed by atoms with van der Waals surface area (Å²) in [5.41, 5.74) is -1.09. The van der Waals surface area contributed by atoms with Crippen LogP contribution in [0.3, 0.4) is 0 Å². The third-order valence-corrected chi connectivity index (χ3v) is 4.63. The van der Waals surface area contributed by atoms with Gasteiger partial charge in [-0.25, -0.2) is 24.0 Å². The van der Waals surface area contributed by atoms with Crippen LogP contribution in [0.4, 0.5) is 0 Å². The van der Waals surface area contributed by atoms with Crippen LogP contribution < -0.4 is 0 Å². The molecule has 0 radical (unpaired) electrons. The van der Waals surface area contributed by atoms with Gasteiger partial charge < -0.3 is 24.8 Å². The molecule has 0 aliphatic heterocycles. The summed E-state index contributed by atoms with van der Waals surface area (Å²) in [4.78, 5) is 70.6. The highest BCUT2D eigenvalue weighted by Crippen LogP contribution is 2.17. The number of esters is 4. The van der Waals surface area contributed by atoms with Gasteiger partial charge in [-0.05, 0) is 39.5 Å². The average Bonchev–Trinajstić information content (AvgIpc) is 2.73. The number of aliphatic carboxylic acids is 2. The van der Waals surface area contributed by atoms with Gasteiger partial charge in [0.1, 0.15) is 0 Å². The first-order chi connectivity index (χ1) is 15.4. The van der Waals surface area contributed by atoms with E-state index in [0.29, 0.717) is 25.7 Å². The number of hydrogen-bond acceptors (Lipinski definition) is 9. The number of rotatable bonds is 13. The number of carbonyl (C=O) groups excluding carboxylic acids is 4. The highest BCUT2D eigenvalue weighted by Gasteiger charge is 2.29. The molecule has 0 aliphatic carbocycles.